The fourth-order valence-electron chi connectivity index (χ4n) is 2.68. The van der Waals surface area contributed by atoms with E-state index in [0.717, 1.165) is 18.5 Å². The van der Waals surface area contributed by atoms with Crippen LogP contribution in [0.15, 0.2) is 18.2 Å². The van der Waals surface area contributed by atoms with E-state index in [2.05, 4.69) is 23.7 Å². The summed E-state index contributed by atoms with van der Waals surface area (Å²) >= 11 is 0. The molecule has 19 heavy (non-hydrogen) atoms. The highest BCUT2D eigenvalue weighted by Gasteiger charge is 2.23. The predicted octanol–water partition coefficient (Wildman–Crippen LogP) is 2.54. The highest BCUT2D eigenvalue weighted by atomic mass is 19.1. The molecule has 1 atom stereocenters. The molecular weight excluding hydrogens is 241 g/mol. The lowest BCUT2D eigenvalue weighted by Gasteiger charge is -2.23. The second-order valence-electron chi connectivity index (χ2n) is 4.94. The molecule has 0 radical (unpaired) electrons. The Morgan fingerprint density at radius 1 is 1.47 bits per heavy atom. The molecule has 1 heterocycles. The minimum atomic E-state index is -0.202. The zero-order chi connectivity index (χ0) is 13.7. The van der Waals surface area contributed by atoms with Crippen molar-refractivity contribution in [2.45, 2.75) is 38.8 Å². The van der Waals surface area contributed by atoms with E-state index in [9.17, 15) is 4.39 Å². The van der Waals surface area contributed by atoms with Crippen LogP contribution in [-0.2, 0) is 6.54 Å². The highest BCUT2D eigenvalue weighted by Crippen LogP contribution is 2.23. The van der Waals surface area contributed by atoms with Gasteiger partial charge in [-0.3, -0.25) is 4.90 Å². The van der Waals surface area contributed by atoms with E-state index >= 15 is 0 Å². The Morgan fingerprint density at radius 2 is 2.32 bits per heavy atom. The molecule has 2 rings (SSSR count). The Labute approximate surface area is 114 Å². The van der Waals surface area contributed by atoms with Gasteiger partial charge >= 0.3 is 0 Å². The quantitative estimate of drug-likeness (QED) is 0.845. The van der Waals surface area contributed by atoms with Crippen molar-refractivity contribution in [2.75, 3.05) is 13.2 Å². The van der Waals surface area contributed by atoms with E-state index in [-0.39, 0.29) is 12.4 Å². The van der Waals surface area contributed by atoms with Gasteiger partial charge < -0.3 is 5.11 Å². The molecule has 1 fully saturated rings. The van der Waals surface area contributed by atoms with Gasteiger partial charge in [-0.2, -0.15) is 0 Å². The molecule has 0 amide bonds. The summed E-state index contributed by atoms with van der Waals surface area (Å²) < 4.78 is 14.0. The van der Waals surface area contributed by atoms with Crippen LogP contribution < -0.4 is 0 Å². The van der Waals surface area contributed by atoms with E-state index in [4.69, 9.17) is 5.11 Å². The van der Waals surface area contributed by atoms with Crippen molar-refractivity contribution < 1.29 is 9.50 Å². The normalized spacial score (nSPS) is 19.2. The van der Waals surface area contributed by atoms with E-state index in [0.29, 0.717) is 18.2 Å². The summed E-state index contributed by atoms with van der Waals surface area (Å²) in [6.07, 6.45) is 3.56. The lowest BCUT2D eigenvalue weighted by atomic mass is 10.1. The van der Waals surface area contributed by atoms with Gasteiger partial charge in [-0.15, -0.1) is 0 Å². The number of aliphatic hydroxyl groups excluding tert-OH is 1. The highest BCUT2D eigenvalue weighted by molar-refractivity contribution is 5.37. The average molecular weight is 261 g/mol. The molecule has 0 saturated carbocycles. The third-order valence-corrected chi connectivity index (χ3v) is 3.71. The molecule has 1 aliphatic rings. The fraction of sp³-hybridized carbons (Fsp3) is 0.500. The number of benzene rings is 1. The summed E-state index contributed by atoms with van der Waals surface area (Å²) in [5.74, 6) is 5.05. The molecule has 1 unspecified atom stereocenters. The molecule has 1 aromatic carbocycles. The maximum absolute atomic E-state index is 14.0. The van der Waals surface area contributed by atoms with Crippen LogP contribution in [0.25, 0.3) is 0 Å². The van der Waals surface area contributed by atoms with Gasteiger partial charge in [-0.1, -0.05) is 24.8 Å². The first kappa shape index (κ1) is 14.0. The molecule has 102 valence electrons. The molecule has 1 aliphatic heterocycles. The Bertz CT molecular complexity index is 489. The van der Waals surface area contributed by atoms with Crippen LogP contribution in [0.3, 0.4) is 0 Å². The van der Waals surface area contributed by atoms with Crippen molar-refractivity contribution in [1.29, 1.82) is 0 Å². The van der Waals surface area contributed by atoms with E-state index in [1.165, 1.54) is 18.9 Å². The summed E-state index contributed by atoms with van der Waals surface area (Å²) in [5.41, 5.74) is 1.35. The first-order valence-electron chi connectivity index (χ1n) is 6.86. The number of rotatable bonds is 3. The second kappa shape index (κ2) is 6.70. The molecule has 0 aliphatic carbocycles. The van der Waals surface area contributed by atoms with Crippen molar-refractivity contribution in [3.8, 4) is 11.8 Å². The molecule has 1 aromatic rings. The van der Waals surface area contributed by atoms with Crippen molar-refractivity contribution in [2.24, 2.45) is 0 Å². The van der Waals surface area contributed by atoms with Crippen molar-refractivity contribution in [3.63, 3.8) is 0 Å². The Morgan fingerprint density at radius 3 is 3.00 bits per heavy atom. The average Bonchev–Trinajstić information content (AvgIpc) is 2.86. The summed E-state index contributed by atoms with van der Waals surface area (Å²) in [4.78, 5) is 2.36. The van der Waals surface area contributed by atoms with Crippen molar-refractivity contribution in [3.05, 3.63) is 35.1 Å². The van der Waals surface area contributed by atoms with Crippen LogP contribution >= 0.6 is 0 Å². The van der Waals surface area contributed by atoms with Crippen molar-refractivity contribution in [1.82, 2.24) is 4.90 Å². The van der Waals surface area contributed by atoms with E-state index in [1.54, 1.807) is 0 Å². The number of hydrogen-bond donors (Lipinski definition) is 1. The van der Waals surface area contributed by atoms with Gasteiger partial charge in [0.2, 0.25) is 0 Å². The largest absolute Gasteiger partial charge is 0.384 e. The zero-order valence-electron chi connectivity index (χ0n) is 11.3. The van der Waals surface area contributed by atoms with Crippen LogP contribution in [0.1, 0.15) is 37.3 Å². The third kappa shape index (κ3) is 3.56. The second-order valence-corrected chi connectivity index (χ2v) is 4.94. The van der Waals surface area contributed by atoms with Crippen LogP contribution in [0.5, 0.6) is 0 Å². The first-order valence-corrected chi connectivity index (χ1v) is 6.86. The number of nitrogens with zero attached hydrogens (tertiary/aromatic N) is 1. The van der Waals surface area contributed by atoms with Gasteiger partial charge in [-0.05, 0) is 37.9 Å². The maximum Gasteiger partial charge on any atom is 0.128 e. The molecule has 1 saturated heterocycles. The van der Waals surface area contributed by atoms with Gasteiger partial charge in [0.15, 0.2) is 0 Å². The van der Waals surface area contributed by atoms with Crippen LogP contribution in [0.4, 0.5) is 4.39 Å². The van der Waals surface area contributed by atoms with Gasteiger partial charge in [-0.25, -0.2) is 4.39 Å². The molecule has 0 bridgehead atoms. The third-order valence-electron chi connectivity index (χ3n) is 3.71. The number of hydrogen-bond acceptors (Lipinski definition) is 2. The number of aliphatic hydroxyl groups is 1. The van der Waals surface area contributed by atoms with Gasteiger partial charge in [0, 0.05) is 23.7 Å². The molecule has 0 spiro atoms. The Balaban J connectivity index is 2.08. The van der Waals surface area contributed by atoms with Gasteiger partial charge in [0.05, 0.1) is 0 Å². The summed E-state index contributed by atoms with van der Waals surface area (Å²) in [6, 6.07) is 5.67. The number of halogens is 1. The van der Waals surface area contributed by atoms with Gasteiger partial charge in [0.1, 0.15) is 12.4 Å². The summed E-state index contributed by atoms with van der Waals surface area (Å²) in [7, 11) is 0. The van der Waals surface area contributed by atoms with Gasteiger partial charge in [0.25, 0.3) is 0 Å². The van der Waals surface area contributed by atoms with Crippen LogP contribution in [0, 0.1) is 17.7 Å². The lowest BCUT2D eigenvalue weighted by Crippen LogP contribution is -2.28. The first-order chi connectivity index (χ1) is 9.24. The van der Waals surface area contributed by atoms with E-state index < -0.39 is 0 Å². The number of likely N-dealkylation sites (tertiary alicyclic amines) is 1. The Hall–Kier alpha value is -1.37. The smallest absolute Gasteiger partial charge is 0.128 e. The van der Waals surface area contributed by atoms with Crippen LogP contribution in [0.2, 0.25) is 0 Å². The summed E-state index contributed by atoms with van der Waals surface area (Å²) in [5, 5.41) is 8.62. The minimum Gasteiger partial charge on any atom is -0.384 e. The molecule has 2 nitrogen and oxygen atoms in total. The summed E-state index contributed by atoms with van der Waals surface area (Å²) in [6.45, 7) is 3.73. The zero-order valence-corrected chi connectivity index (χ0v) is 11.3. The fourth-order valence-corrected chi connectivity index (χ4v) is 2.68. The minimum absolute atomic E-state index is 0.199. The standard InChI is InChI=1S/C16H20FNO/c1-2-15-6-3-9-18(15)12-14-8-7-13(5-4-10-19)11-16(14)17/h7-8,11,15,19H,2-3,6,9-10,12H2,1H3. The molecular formula is C16H20FNO. The maximum atomic E-state index is 14.0. The SMILES string of the molecule is CCC1CCCN1Cc1ccc(C#CCO)cc1F. The van der Waals surface area contributed by atoms with E-state index in [1.807, 2.05) is 12.1 Å². The monoisotopic (exact) mass is 261 g/mol. The van der Waals surface area contributed by atoms with Crippen molar-refractivity contribution >= 4 is 0 Å². The molecule has 0 aromatic heterocycles. The lowest BCUT2D eigenvalue weighted by molar-refractivity contribution is 0.237. The predicted molar refractivity (Wildman–Crippen MR) is 74.1 cm³/mol. The molecule has 1 N–H and O–H groups in total. The molecule has 3 heteroatoms. The van der Waals surface area contributed by atoms with Crippen LogP contribution in [-0.4, -0.2) is 29.2 Å². The Kier molecular flexibility index (Phi) is 4.95. The topological polar surface area (TPSA) is 23.5 Å².